The highest BCUT2D eigenvalue weighted by atomic mass is 35.5. The van der Waals surface area contributed by atoms with Crippen molar-refractivity contribution >= 4 is 38.9 Å². The van der Waals surface area contributed by atoms with Crippen LogP contribution in [0, 0.1) is 0 Å². The van der Waals surface area contributed by atoms with Crippen molar-refractivity contribution in [2.45, 2.75) is 11.5 Å². The number of carbonyl (C=O) groups is 1. The zero-order valence-electron chi connectivity index (χ0n) is 15.2. The SMILES string of the molecule is O=C(Nc1ccc(OC(F)F)c(Cl)c1)c1ccc(NS(=O)(=O)c2ccccc2)cc1. The molecule has 30 heavy (non-hydrogen) atoms. The molecule has 2 N–H and O–H groups in total. The lowest BCUT2D eigenvalue weighted by atomic mass is 10.2. The third kappa shape index (κ3) is 5.46. The lowest BCUT2D eigenvalue weighted by Gasteiger charge is -2.11. The molecular formula is C20H15ClF2N2O4S. The number of alkyl halides is 2. The summed E-state index contributed by atoms with van der Waals surface area (Å²) in [7, 11) is -3.74. The van der Waals surface area contributed by atoms with Gasteiger partial charge in [0.05, 0.1) is 9.92 Å². The van der Waals surface area contributed by atoms with Gasteiger partial charge in [-0.3, -0.25) is 9.52 Å². The van der Waals surface area contributed by atoms with Gasteiger partial charge in [-0.05, 0) is 54.6 Å². The number of benzene rings is 3. The van der Waals surface area contributed by atoms with Gasteiger partial charge in [0.2, 0.25) is 0 Å². The molecule has 1 amide bonds. The fourth-order valence-electron chi connectivity index (χ4n) is 2.48. The van der Waals surface area contributed by atoms with E-state index in [9.17, 15) is 22.0 Å². The monoisotopic (exact) mass is 452 g/mol. The van der Waals surface area contributed by atoms with Crippen molar-refractivity contribution in [1.82, 2.24) is 0 Å². The standard InChI is InChI=1S/C20H15ClF2N2O4S/c21-17-12-15(10-11-18(17)29-20(22)23)24-19(26)13-6-8-14(9-7-13)25-30(27,28)16-4-2-1-3-5-16/h1-12,20,25H,(H,24,26). The van der Waals surface area contributed by atoms with Gasteiger partial charge in [-0.1, -0.05) is 29.8 Å². The molecule has 0 spiro atoms. The van der Waals surface area contributed by atoms with Crippen LogP contribution in [0.25, 0.3) is 0 Å². The van der Waals surface area contributed by atoms with E-state index >= 15 is 0 Å². The van der Waals surface area contributed by atoms with E-state index in [1.807, 2.05) is 0 Å². The van der Waals surface area contributed by atoms with Crippen molar-refractivity contribution < 1.29 is 26.7 Å². The molecule has 6 nitrogen and oxygen atoms in total. The van der Waals surface area contributed by atoms with E-state index in [1.54, 1.807) is 18.2 Å². The second kappa shape index (κ2) is 9.10. The lowest BCUT2D eigenvalue weighted by molar-refractivity contribution is -0.0497. The Hall–Kier alpha value is -3.17. The summed E-state index contributed by atoms with van der Waals surface area (Å²) in [6.45, 7) is -3.01. The number of amides is 1. The number of nitrogens with one attached hydrogen (secondary N) is 2. The molecule has 0 saturated carbocycles. The normalized spacial score (nSPS) is 11.2. The first-order valence-corrected chi connectivity index (χ1v) is 10.3. The predicted molar refractivity (Wildman–Crippen MR) is 110 cm³/mol. The predicted octanol–water partition coefficient (Wildman–Crippen LogP) is 4.99. The van der Waals surface area contributed by atoms with Gasteiger partial charge in [0.15, 0.2) is 0 Å². The molecule has 0 heterocycles. The molecule has 0 saturated heterocycles. The molecule has 156 valence electrons. The van der Waals surface area contributed by atoms with E-state index in [4.69, 9.17) is 11.6 Å². The number of anilines is 2. The second-order valence-corrected chi connectivity index (χ2v) is 8.06. The molecule has 0 fully saturated rings. The summed E-state index contributed by atoms with van der Waals surface area (Å²) in [4.78, 5) is 12.5. The molecule has 10 heteroatoms. The molecule has 0 unspecified atom stereocenters. The van der Waals surface area contributed by atoms with E-state index in [1.165, 1.54) is 54.6 Å². The number of sulfonamides is 1. The Morgan fingerprint density at radius 2 is 1.57 bits per heavy atom. The number of halogens is 3. The van der Waals surface area contributed by atoms with Crippen LogP contribution in [0.3, 0.4) is 0 Å². The van der Waals surface area contributed by atoms with Gasteiger partial charge in [-0.15, -0.1) is 0 Å². The average Bonchev–Trinajstić information content (AvgIpc) is 2.71. The fourth-order valence-corrected chi connectivity index (χ4v) is 3.78. The first kappa shape index (κ1) is 21.5. The van der Waals surface area contributed by atoms with E-state index in [0.29, 0.717) is 0 Å². The maximum absolute atomic E-state index is 12.4. The van der Waals surface area contributed by atoms with Crippen molar-refractivity contribution in [3.63, 3.8) is 0 Å². The van der Waals surface area contributed by atoms with Crippen LogP contribution < -0.4 is 14.8 Å². The van der Waals surface area contributed by atoms with Gasteiger partial charge in [-0.2, -0.15) is 8.78 Å². The van der Waals surface area contributed by atoms with Gasteiger partial charge < -0.3 is 10.1 Å². The van der Waals surface area contributed by atoms with Crippen LogP contribution in [-0.4, -0.2) is 20.9 Å². The van der Waals surface area contributed by atoms with E-state index in [-0.39, 0.29) is 32.6 Å². The second-order valence-electron chi connectivity index (χ2n) is 5.97. The minimum absolute atomic E-state index is 0.0845. The Balaban J connectivity index is 1.67. The van der Waals surface area contributed by atoms with Crippen LogP contribution in [0.5, 0.6) is 5.75 Å². The molecule has 3 aromatic rings. The van der Waals surface area contributed by atoms with Crippen molar-refractivity contribution in [2.24, 2.45) is 0 Å². The zero-order chi connectivity index (χ0) is 21.7. The van der Waals surface area contributed by atoms with E-state index in [0.717, 1.165) is 0 Å². The number of hydrogen-bond donors (Lipinski definition) is 2. The summed E-state index contributed by atoms with van der Waals surface area (Å²) in [5.41, 5.74) is 0.814. The molecule has 0 aliphatic carbocycles. The van der Waals surface area contributed by atoms with Crippen molar-refractivity contribution in [3.8, 4) is 5.75 Å². The van der Waals surface area contributed by atoms with Crippen LogP contribution in [-0.2, 0) is 10.0 Å². The number of rotatable bonds is 7. The smallest absolute Gasteiger partial charge is 0.387 e. The molecule has 0 aliphatic heterocycles. The third-order valence-corrected chi connectivity index (χ3v) is 5.55. The Morgan fingerprint density at radius 3 is 2.17 bits per heavy atom. The van der Waals surface area contributed by atoms with E-state index in [2.05, 4.69) is 14.8 Å². The highest BCUT2D eigenvalue weighted by molar-refractivity contribution is 7.92. The molecule has 0 radical (unpaired) electrons. The van der Waals surface area contributed by atoms with Crippen LogP contribution in [0.15, 0.2) is 77.7 Å². The molecule has 0 aromatic heterocycles. The van der Waals surface area contributed by atoms with Crippen LogP contribution in [0.1, 0.15) is 10.4 Å². The first-order valence-electron chi connectivity index (χ1n) is 8.48. The minimum atomic E-state index is -3.74. The van der Waals surface area contributed by atoms with Crippen molar-refractivity contribution in [3.05, 3.63) is 83.4 Å². The number of ether oxygens (including phenoxy) is 1. The summed E-state index contributed by atoms with van der Waals surface area (Å²) in [5, 5.41) is 2.48. The molecular weight excluding hydrogens is 438 g/mol. The number of hydrogen-bond acceptors (Lipinski definition) is 4. The number of carbonyl (C=O) groups excluding carboxylic acids is 1. The van der Waals surface area contributed by atoms with Gasteiger partial charge >= 0.3 is 6.61 Å². The fraction of sp³-hybridized carbons (Fsp3) is 0.0500. The lowest BCUT2D eigenvalue weighted by Crippen LogP contribution is -2.14. The highest BCUT2D eigenvalue weighted by Gasteiger charge is 2.14. The molecule has 0 atom stereocenters. The summed E-state index contributed by atoms with van der Waals surface area (Å²) in [5.74, 6) is -0.703. The summed E-state index contributed by atoms with van der Waals surface area (Å²) in [6.07, 6.45) is 0. The summed E-state index contributed by atoms with van der Waals surface area (Å²) >= 11 is 5.86. The van der Waals surface area contributed by atoms with Gasteiger partial charge in [0.1, 0.15) is 5.75 Å². The van der Waals surface area contributed by atoms with Crippen LogP contribution in [0.4, 0.5) is 20.2 Å². The molecule has 0 aliphatic rings. The average molecular weight is 453 g/mol. The Bertz CT molecular complexity index is 1140. The first-order chi connectivity index (χ1) is 14.2. The Labute approximate surface area is 176 Å². The molecule has 3 rings (SSSR count). The largest absolute Gasteiger partial charge is 0.433 e. The van der Waals surface area contributed by atoms with Crippen molar-refractivity contribution in [2.75, 3.05) is 10.0 Å². The summed E-state index contributed by atoms with van der Waals surface area (Å²) < 4.78 is 55.9. The summed E-state index contributed by atoms with van der Waals surface area (Å²) in [6, 6.07) is 17.5. The highest BCUT2D eigenvalue weighted by Crippen LogP contribution is 2.29. The molecule has 0 bridgehead atoms. The van der Waals surface area contributed by atoms with Crippen LogP contribution in [0.2, 0.25) is 5.02 Å². The maximum Gasteiger partial charge on any atom is 0.387 e. The van der Waals surface area contributed by atoms with Gasteiger partial charge in [0.25, 0.3) is 15.9 Å². The Kier molecular flexibility index (Phi) is 6.53. The molecule has 3 aromatic carbocycles. The van der Waals surface area contributed by atoms with Crippen molar-refractivity contribution in [1.29, 1.82) is 0 Å². The topological polar surface area (TPSA) is 84.5 Å². The minimum Gasteiger partial charge on any atom is -0.433 e. The van der Waals surface area contributed by atoms with Gasteiger partial charge in [0, 0.05) is 16.9 Å². The maximum atomic E-state index is 12.4. The zero-order valence-corrected chi connectivity index (χ0v) is 16.8. The Morgan fingerprint density at radius 1 is 0.933 bits per heavy atom. The quantitative estimate of drug-likeness (QED) is 0.528. The van der Waals surface area contributed by atoms with Gasteiger partial charge in [-0.25, -0.2) is 8.42 Å². The third-order valence-electron chi connectivity index (χ3n) is 3.86. The van der Waals surface area contributed by atoms with E-state index < -0.39 is 22.5 Å². The van der Waals surface area contributed by atoms with Crippen LogP contribution >= 0.6 is 11.6 Å².